The number of ketones is 1. The monoisotopic (exact) mass is 355 g/mol. The summed E-state index contributed by atoms with van der Waals surface area (Å²) in [5, 5.41) is 0. The van der Waals surface area contributed by atoms with Crippen LogP contribution in [0.3, 0.4) is 0 Å². The molecule has 2 aromatic rings. The average molecular weight is 355 g/mol. The third-order valence-corrected chi connectivity index (χ3v) is 4.57. The molecule has 2 rings (SSSR count). The van der Waals surface area contributed by atoms with Crippen LogP contribution in [-0.4, -0.2) is 43.4 Å². The first-order valence-electron chi connectivity index (χ1n) is 8.48. The number of carbonyl (C=O) groups excluding carboxylic acids is 2. The Kier molecular flexibility index (Phi) is 6.39. The maximum absolute atomic E-state index is 12.7. The molecule has 5 heteroatoms. The lowest BCUT2D eigenvalue weighted by molar-refractivity contribution is -0.133. The largest absolute Gasteiger partial charge is 0.493 e. The molecule has 2 aromatic carbocycles. The molecule has 0 N–H and O–H groups in total. The number of rotatable bonds is 7. The van der Waals surface area contributed by atoms with Crippen molar-refractivity contribution in [3.8, 4) is 11.5 Å². The van der Waals surface area contributed by atoms with Crippen LogP contribution in [0.5, 0.6) is 11.5 Å². The molecule has 0 saturated heterocycles. The predicted molar refractivity (Wildman–Crippen MR) is 101 cm³/mol. The normalized spacial score (nSPS) is 11.6. The van der Waals surface area contributed by atoms with Crippen LogP contribution in [0, 0.1) is 13.8 Å². The topological polar surface area (TPSA) is 55.8 Å². The Balaban J connectivity index is 2.02. The summed E-state index contributed by atoms with van der Waals surface area (Å²) in [6.45, 7) is 5.52. The minimum Gasteiger partial charge on any atom is -0.493 e. The van der Waals surface area contributed by atoms with Crippen LogP contribution in [0.25, 0.3) is 0 Å². The lowest BCUT2D eigenvalue weighted by Gasteiger charge is -2.24. The minimum absolute atomic E-state index is 0.0961. The molecule has 0 aliphatic rings. The molecule has 1 unspecified atom stereocenters. The van der Waals surface area contributed by atoms with E-state index in [-0.39, 0.29) is 18.3 Å². The lowest BCUT2D eigenvalue weighted by Crippen LogP contribution is -2.42. The zero-order chi connectivity index (χ0) is 19.3. The number of aryl methyl sites for hydroxylation is 2. The molecule has 26 heavy (non-hydrogen) atoms. The quantitative estimate of drug-likeness (QED) is 0.714. The van der Waals surface area contributed by atoms with Gasteiger partial charge in [-0.2, -0.15) is 0 Å². The van der Waals surface area contributed by atoms with Gasteiger partial charge in [0.25, 0.3) is 5.91 Å². The summed E-state index contributed by atoms with van der Waals surface area (Å²) in [4.78, 5) is 26.5. The third-order valence-electron chi connectivity index (χ3n) is 4.57. The zero-order valence-electron chi connectivity index (χ0n) is 15.9. The Bertz CT molecular complexity index is 800. The summed E-state index contributed by atoms with van der Waals surface area (Å²) in [5.41, 5.74) is 2.78. The summed E-state index contributed by atoms with van der Waals surface area (Å²) in [5.74, 6) is 0.675. The third kappa shape index (κ3) is 4.42. The van der Waals surface area contributed by atoms with Gasteiger partial charge in [0.1, 0.15) is 0 Å². The molecular formula is C21H25NO4. The van der Waals surface area contributed by atoms with Gasteiger partial charge < -0.3 is 14.4 Å². The maximum Gasteiger partial charge on any atom is 0.260 e. The number of nitrogens with zero attached hydrogens (tertiary/aromatic N) is 1. The predicted octanol–water partition coefficient (Wildman–Crippen LogP) is 3.42. The Hall–Kier alpha value is -2.82. The smallest absolute Gasteiger partial charge is 0.260 e. The minimum atomic E-state index is -0.578. The summed E-state index contributed by atoms with van der Waals surface area (Å²) in [6.07, 6.45) is 0. The number of hydrogen-bond donors (Lipinski definition) is 0. The van der Waals surface area contributed by atoms with Crippen molar-refractivity contribution >= 4 is 11.7 Å². The number of ether oxygens (including phenoxy) is 2. The number of para-hydroxylation sites is 2. The fraction of sp³-hybridized carbons (Fsp3) is 0.333. The van der Waals surface area contributed by atoms with Crippen LogP contribution in [0.2, 0.25) is 0 Å². The van der Waals surface area contributed by atoms with E-state index in [9.17, 15) is 9.59 Å². The molecule has 5 nitrogen and oxygen atoms in total. The molecule has 0 aliphatic heterocycles. The number of methoxy groups -OCH3 is 1. The average Bonchev–Trinajstić information content (AvgIpc) is 2.66. The summed E-state index contributed by atoms with van der Waals surface area (Å²) < 4.78 is 10.8. The van der Waals surface area contributed by atoms with E-state index in [1.807, 2.05) is 32.0 Å². The highest BCUT2D eigenvalue weighted by atomic mass is 16.5. The van der Waals surface area contributed by atoms with Crippen LogP contribution in [0.1, 0.15) is 28.4 Å². The van der Waals surface area contributed by atoms with Crippen LogP contribution < -0.4 is 9.47 Å². The number of Topliss-reactive ketones (excluding diaryl/α,β-unsaturated/α-hetero) is 1. The van der Waals surface area contributed by atoms with E-state index in [4.69, 9.17) is 9.47 Å². The lowest BCUT2D eigenvalue weighted by atomic mass is 10.00. The van der Waals surface area contributed by atoms with Crippen LogP contribution in [0.15, 0.2) is 42.5 Å². The van der Waals surface area contributed by atoms with Gasteiger partial charge in [-0.1, -0.05) is 24.3 Å². The summed E-state index contributed by atoms with van der Waals surface area (Å²) in [7, 11) is 3.15. The van der Waals surface area contributed by atoms with Crippen LogP contribution >= 0.6 is 0 Å². The molecule has 0 heterocycles. The van der Waals surface area contributed by atoms with Crippen molar-refractivity contribution < 1.29 is 19.1 Å². The SMILES string of the molecule is COc1ccccc1OCC(=O)N(C)C(C)C(=O)c1ccc(C)c(C)c1. The van der Waals surface area contributed by atoms with Gasteiger partial charge in [0.05, 0.1) is 13.2 Å². The molecule has 138 valence electrons. The summed E-state index contributed by atoms with van der Waals surface area (Å²) in [6, 6.07) is 12.1. The number of likely N-dealkylation sites (N-methyl/N-ethyl adjacent to an activating group) is 1. The van der Waals surface area contributed by atoms with E-state index in [2.05, 4.69) is 0 Å². The van der Waals surface area contributed by atoms with E-state index in [0.29, 0.717) is 17.1 Å². The Labute approximate surface area is 154 Å². The highest BCUT2D eigenvalue weighted by Crippen LogP contribution is 2.25. The second kappa shape index (κ2) is 8.52. The van der Waals surface area contributed by atoms with E-state index in [1.54, 1.807) is 45.3 Å². The molecule has 0 spiro atoms. The highest BCUT2D eigenvalue weighted by molar-refractivity contribution is 6.01. The molecule has 0 aliphatic carbocycles. The van der Waals surface area contributed by atoms with E-state index >= 15 is 0 Å². The first-order valence-corrected chi connectivity index (χ1v) is 8.48. The molecule has 1 atom stereocenters. The van der Waals surface area contributed by atoms with Crippen molar-refractivity contribution in [2.45, 2.75) is 26.8 Å². The molecule has 0 aromatic heterocycles. The second-order valence-corrected chi connectivity index (χ2v) is 6.28. The van der Waals surface area contributed by atoms with E-state index in [0.717, 1.165) is 11.1 Å². The van der Waals surface area contributed by atoms with Gasteiger partial charge >= 0.3 is 0 Å². The van der Waals surface area contributed by atoms with Gasteiger partial charge in [0.2, 0.25) is 0 Å². The number of benzene rings is 2. The Morgan fingerprint density at radius 1 is 1.04 bits per heavy atom. The van der Waals surface area contributed by atoms with E-state index in [1.165, 1.54) is 4.90 Å². The highest BCUT2D eigenvalue weighted by Gasteiger charge is 2.24. The van der Waals surface area contributed by atoms with Crippen molar-refractivity contribution in [1.82, 2.24) is 4.90 Å². The van der Waals surface area contributed by atoms with Crippen molar-refractivity contribution in [3.63, 3.8) is 0 Å². The Morgan fingerprint density at radius 2 is 1.69 bits per heavy atom. The molecular weight excluding hydrogens is 330 g/mol. The van der Waals surface area contributed by atoms with Gasteiger partial charge in [-0.3, -0.25) is 9.59 Å². The number of hydrogen-bond acceptors (Lipinski definition) is 4. The van der Waals surface area contributed by atoms with Gasteiger partial charge in [-0.15, -0.1) is 0 Å². The van der Waals surface area contributed by atoms with Gasteiger partial charge in [-0.25, -0.2) is 0 Å². The maximum atomic E-state index is 12.7. The first kappa shape index (κ1) is 19.5. The first-order chi connectivity index (χ1) is 12.3. The fourth-order valence-electron chi connectivity index (χ4n) is 2.51. The fourth-order valence-corrected chi connectivity index (χ4v) is 2.51. The van der Waals surface area contributed by atoms with Crippen LogP contribution in [-0.2, 0) is 4.79 Å². The van der Waals surface area contributed by atoms with Crippen molar-refractivity contribution in [2.75, 3.05) is 20.8 Å². The van der Waals surface area contributed by atoms with Gasteiger partial charge in [0.15, 0.2) is 23.9 Å². The molecule has 0 bridgehead atoms. The zero-order valence-corrected chi connectivity index (χ0v) is 15.9. The molecule has 0 radical (unpaired) electrons. The van der Waals surface area contributed by atoms with Crippen molar-refractivity contribution in [3.05, 3.63) is 59.2 Å². The van der Waals surface area contributed by atoms with Crippen molar-refractivity contribution in [2.24, 2.45) is 0 Å². The Morgan fingerprint density at radius 3 is 2.31 bits per heavy atom. The molecule has 1 amide bonds. The van der Waals surface area contributed by atoms with Gasteiger partial charge in [0, 0.05) is 12.6 Å². The second-order valence-electron chi connectivity index (χ2n) is 6.28. The molecule has 0 fully saturated rings. The standard InChI is InChI=1S/C21H25NO4/c1-14-10-11-17(12-15(14)2)21(24)16(3)22(4)20(23)13-26-19-9-7-6-8-18(19)25-5/h6-12,16H,13H2,1-5H3. The number of carbonyl (C=O) groups is 2. The van der Waals surface area contributed by atoms with Crippen LogP contribution in [0.4, 0.5) is 0 Å². The molecule has 0 saturated carbocycles. The van der Waals surface area contributed by atoms with Crippen molar-refractivity contribution in [1.29, 1.82) is 0 Å². The van der Waals surface area contributed by atoms with Gasteiger partial charge in [-0.05, 0) is 50.1 Å². The van der Waals surface area contributed by atoms with E-state index < -0.39 is 6.04 Å². The number of amides is 1. The summed E-state index contributed by atoms with van der Waals surface area (Å²) >= 11 is 0.